The highest BCUT2D eigenvalue weighted by molar-refractivity contribution is 9.10. The summed E-state index contributed by atoms with van der Waals surface area (Å²) in [5.41, 5.74) is 0. The molecule has 0 radical (unpaired) electrons. The van der Waals surface area contributed by atoms with E-state index in [0.29, 0.717) is 6.04 Å². The van der Waals surface area contributed by atoms with Crippen molar-refractivity contribution in [2.45, 2.75) is 52.0 Å². The van der Waals surface area contributed by atoms with Crippen LogP contribution in [0.4, 0.5) is 5.82 Å². The van der Waals surface area contributed by atoms with E-state index in [1.165, 1.54) is 25.7 Å². The molecule has 1 aromatic heterocycles. The summed E-state index contributed by atoms with van der Waals surface area (Å²) in [5, 5.41) is 0. The summed E-state index contributed by atoms with van der Waals surface area (Å²) >= 11 is 3.48. The summed E-state index contributed by atoms with van der Waals surface area (Å²) in [6.45, 7) is 5.51. The highest BCUT2D eigenvalue weighted by Gasteiger charge is 2.19. The summed E-state index contributed by atoms with van der Waals surface area (Å²) in [6, 6.07) is 2.63. The molecule has 0 N–H and O–H groups in total. The molecule has 94 valence electrons. The van der Waals surface area contributed by atoms with Crippen molar-refractivity contribution < 1.29 is 0 Å². The number of nitrogens with zero attached hydrogens (tertiary/aromatic N) is 3. The normalized spacial score (nSPS) is 21.4. The van der Waals surface area contributed by atoms with Crippen molar-refractivity contribution in [2.24, 2.45) is 0 Å². The molecule has 0 aliphatic carbocycles. The number of hydrogen-bond donors (Lipinski definition) is 0. The molecule has 0 spiro atoms. The number of hydrogen-bond acceptors (Lipinski definition) is 3. The standard InChI is InChI=1S/C13H20BrN3/c1-3-12-15-11(14)9-13(16-12)17-8-6-4-5-7-10(17)2/h9-10H,3-8H2,1-2H3. The molecule has 2 rings (SSSR count). The number of aromatic nitrogens is 2. The molecule has 0 aromatic carbocycles. The lowest BCUT2D eigenvalue weighted by atomic mass is 10.1. The maximum Gasteiger partial charge on any atom is 0.133 e. The van der Waals surface area contributed by atoms with E-state index in [2.05, 4.69) is 44.6 Å². The number of halogens is 1. The Morgan fingerprint density at radius 3 is 2.94 bits per heavy atom. The maximum atomic E-state index is 4.65. The van der Waals surface area contributed by atoms with Crippen LogP contribution in [0.2, 0.25) is 0 Å². The third-order valence-corrected chi connectivity index (χ3v) is 3.80. The van der Waals surface area contributed by atoms with Crippen LogP contribution in [-0.4, -0.2) is 22.6 Å². The zero-order chi connectivity index (χ0) is 12.3. The van der Waals surface area contributed by atoms with Gasteiger partial charge in [0.05, 0.1) is 0 Å². The molecule has 3 nitrogen and oxygen atoms in total. The maximum absolute atomic E-state index is 4.65. The average Bonchev–Trinajstić information content (AvgIpc) is 2.53. The summed E-state index contributed by atoms with van der Waals surface area (Å²) in [5.74, 6) is 2.00. The minimum Gasteiger partial charge on any atom is -0.354 e. The van der Waals surface area contributed by atoms with Crippen LogP contribution < -0.4 is 4.90 Å². The van der Waals surface area contributed by atoms with Crippen LogP contribution in [0.25, 0.3) is 0 Å². The molecule has 1 unspecified atom stereocenters. The molecule has 1 saturated heterocycles. The lowest BCUT2D eigenvalue weighted by molar-refractivity contribution is 0.609. The van der Waals surface area contributed by atoms with Gasteiger partial charge >= 0.3 is 0 Å². The van der Waals surface area contributed by atoms with Gasteiger partial charge in [0.15, 0.2) is 0 Å². The van der Waals surface area contributed by atoms with Gasteiger partial charge in [-0.1, -0.05) is 19.8 Å². The fraction of sp³-hybridized carbons (Fsp3) is 0.692. The van der Waals surface area contributed by atoms with Gasteiger partial charge in [-0.15, -0.1) is 0 Å². The topological polar surface area (TPSA) is 29.0 Å². The molecule has 0 saturated carbocycles. The fourth-order valence-electron chi connectivity index (χ4n) is 2.37. The van der Waals surface area contributed by atoms with Crippen LogP contribution >= 0.6 is 15.9 Å². The Morgan fingerprint density at radius 1 is 1.35 bits per heavy atom. The highest BCUT2D eigenvalue weighted by Crippen LogP contribution is 2.24. The van der Waals surface area contributed by atoms with Crippen LogP contribution in [0, 0.1) is 0 Å². The zero-order valence-electron chi connectivity index (χ0n) is 10.6. The second-order valence-electron chi connectivity index (χ2n) is 4.71. The van der Waals surface area contributed by atoms with Gasteiger partial charge in [-0.3, -0.25) is 0 Å². The van der Waals surface area contributed by atoms with Gasteiger partial charge < -0.3 is 4.90 Å². The van der Waals surface area contributed by atoms with Gasteiger partial charge in [-0.05, 0) is 35.7 Å². The van der Waals surface area contributed by atoms with Crippen LogP contribution in [0.15, 0.2) is 10.7 Å². The third kappa shape index (κ3) is 3.18. The van der Waals surface area contributed by atoms with Crippen molar-refractivity contribution in [1.29, 1.82) is 0 Å². The Morgan fingerprint density at radius 2 is 2.18 bits per heavy atom. The van der Waals surface area contributed by atoms with Crippen LogP contribution in [0.3, 0.4) is 0 Å². The van der Waals surface area contributed by atoms with Gasteiger partial charge in [0, 0.05) is 25.1 Å². The van der Waals surface area contributed by atoms with E-state index in [-0.39, 0.29) is 0 Å². The van der Waals surface area contributed by atoms with E-state index in [9.17, 15) is 0 Å². The van der Waals surface area contributed by atoms with Gasteiger partial charge in [0.2, 0.25) is 0 Å². The Balaban J connectivity index is 2.27. The molecule has 0 amide bonds. The predicted octanol–water partition coefficient (Wildman–Crippen LogP) is 3.57. The first-order valence-electron chi connectivity index (χ1n) is 6.51. The van der Waals surface area contributed by atoms with Crippen molar-refractivity contribution in [3.05, 3.63) is 16.5 Å². The first kappa shape index (κ1) is 12.8. The molecule has 1 fully saturated rings. The van der Waals surface area contributed by atoms with Crippen molar-refractivity contribution in [2.75, 3.05) is 11.4 Å². The smallest absolute Gasteiger partial charge is 0.133 e. The van der Waals surface area contributed by atoms with E-state index in [4.69, 9.17) is 0 Å². The predicted molar refractivity (Wildman–Crippen MR) is 74.4 cm³/mol. The molecule has 1 aliphatic heterocycles. The summed E-state index contributed by atoms with van der Waals surface area (Å²) in [7, 11) is 0. The van der Waals surface area contributed by atoms with Gasteiger partial charge in [0.25, 0.3) is 0 Å². The molecule has 0 bridgehead atoms. The number of anilines is 1. The van der Waals surface area contributed by atoms with E-state index in [1.807, 2.05) is 6.07 Å². The minimum atomic E-state index is 0.587. The Hall–Kier alpha value is -0.640. The van der Waals surface area contributed by atoms with Crippen molar-refractivity contribution in [1.82, 2.24) is 9.97 Å². The molecule has 2 heterocycles. The Kier molecular flexibility index (Phi) is 4.37. The van der Waals surface area contributed by atoms with Gasteiger partial charge in [-0.2, -0.15) is 0 Å². The molecule has 1 aliphatic rings. The Bertz CT molecular complexity index is 381. The van der Waals surface area contributed by atoms with Crippen molar-refractivity contribution in [3.8, 4) is 0 Å². The largest absolute Gasteiger partial charge is 0.354 e. The van der Waals surface area contributed by atoms with Crippen molar-refractivity contribution in [3.63, 3.8) is 0 Å². The average molecular weight is 298 g/mol. The van der Waals surface area contributed by atoms with Crippen LogP contribution in [0.5, 0.6) is 0 Å². The zero-order valence-corrected chi connectivity index (χ0v) is 12.2. The number of aryl methyl sites for hydroxylation is 1. The van der Waals surface area contributed by atoms with Crippen LogP contribution in [-0.2, 0) is 6.42 Å². The van der Waals surface area contributed by atoms with Gasteiger partial charge in [0.1, 0.15) is 16.2 Å². The number of rotatable bonds is 2. The first-order valence-corrected chi connectivity index (χ1v) is 7.30. The molecule has 1 aromatic rings. The molecular weight excluding hydrogens is 278 g/mol. The van der Waals surface area contributed by atoms with E-state index < -0.39 is 0 Å². The fourth-order valence-corrected chi connectivity index (χ4v) is 2.78. The monoisotopic (exact) mass is 297 g/mol. The molecule has 17 heavy (non-hydrogen) atoms. The van der Waals surface area contributed by atoms with E-state index in [1.54, 1.807) is 0 Å². The summed E-state index contributed by atoms with van der Waals surface area (Å²) in [6.07, 6.45) is 6.10. The Labute approximate surface area is 112 Å². The quantitative estimate of drug-likeness (QED) is 0.782. The molecule has 1 atom stereocenters. The van der Waals surface area contributed by atoms with Crippen molar-refractivity contribution >= 4 is 21.7 Å². The first-order chi connectivity index (χ1) is 8.20. The summed E-state index contributed by atoms with van der Waals surface area (Å²) in [4.78, 5) is 11.5. The lowest BCUT2D eigenvalue weighted by Gasteiger charge is -2.28. The van der Waals surface area contributed by atoms with Crippen LogP contribution in [0.1, 0.15) is 45.4 Å². The van der Waals surface area contributed by atoms with E-state index >= 15 is 0 Å². The van der Waals surface area contributed by atoms with Gasteiger partial charge in [-0.25, -0.2) is 9.97 Å². The highest BCUT2D eigenvalue weighted by atomic mass is 79.9. The molecular formula is C13H20BrN3. The van der Waals surface area contributed by atoms with E-state index in [0.717, 1.165) is 29.2 Å². The second-order valence-corrected chi connectivity index (χ2v) is 5.52. The third-order valence-electron chi connectivity index (χ3n) is 3.39. The summed E-state index contributed by atoms with van der Waals surface area (Å²) < 4.78 is 0.899. The minimum absolute atomic E-state index is 0.587. The SMILES string of the molecule is CCc1nc(Br)cc(N2CCCCCC2C)n1. The second kappa shape index (κ2) is 5.80. The lowest BCUT2D eigenvalue weighted by Crippen LogP contribution is -2.33. The molecule has 4 heteroatoms.